The lowest BCUT2D eigenvalue weighted by atomic mass is 10.0. The molecule has 2 atom stereocenters. The fraction of sp³-hybridized carbons (Fsp3) is 0.462. The summed E-state index contributed by atoms with van der Waals surface area (Å²) in [5.74, 6) is 0.119. The van der Waals surface area contributed by atoms with E-state index in [9.17, 15) is 4.79 Å². The number of hydrogen-bond acceptors (Lipinski definition) is 2. The Morgan fingerprint density at radius 3 is 2.72 bits per heavy atom. The molecule has 1 heterocycles. The van der Waals surface area contributed by atoms with Crippen molar-refractivity contribution in [2.24, 2.45) is 5.73 Å². The molecule has 0 spiro atoms. The number of nitrogens with two attached hydrogens (primary N) is 1. The lowest BCUT2D eigenvalue weighted by Gasteiger charge is -2.30. The summed E-state index contributed by atoms with van der Waals surface area (Å²) in [5.41, 5.74) is 7.13. The van der Waals surface area contributed by atoms with Gasteiger partial charge >= 0.3 is 0 Å². The minimum absolute atomic E-state index is 0.0638. The van der Waals surface area contributed by atoms with E-state index < -0.39 is 0 Å². The van der Waals surface area contributed by atoms with E-state index >= 15 is 0 Å². The highest BCUT2D eigenvalue weighted by molar-refractivity contribution is 9.10. The first-order chi connectivity index (χ1) is 8.41. The highest BCUT2D eigenvalue weighted by atomic mass is 79.9. The second-order valence-electron chi connectivity index (χ2n) is 4.88. The van der Waals surface area contributed by atoms with Crippen LogP contribution in [0, 0.1) is 0 Å². The number of amides is 1. The SMILES string of the molecule is CC(C)N1C(=O)CC(N)C1c1ccc(Cl)c(Br)c1. The summed E-state index contributed by atoms with van der Waals surface area (Å²) in [6.45, 7) is 4.02. The minimum Gasteiger partial charge on any atom is -0.332 e. The Labute approximate surface area is 120 Å². The Kier molecular flexibility index (Phi) is 3.99. The van der Waals surface area contributed by atoms with Crippen LogP contribution in [-0.2, 0) is 4.79 Å². The third-order valence-electron chi connectivity index (χ3n) is 3.25. The zero-order valence-corrected chi connectivity index (χ0v) is 12.7. The average molecular weight is 332 g/mol. The third kappa shape index (κ3) is 2.42. The van der Waals surface area contributed by atoms with Crippen molar-refractivity contribution in [1.29, 1.82) is 0 Å². The van der Waals surface area contributed by atoms with Crippen LogP contribution in [0.5, 0.6) is 0 Å². The molecule has 1 aliphatic heterocycles. The minimum atomic E-state index is -0.159. The van der Waals surface area contributed by atoms with Gasteiger partial charge in [0.05, 0.1) is 11.1 Å². The summed E-state index contributed by atoms with van der Waals surface area (Å²) in [4.78, 5) is 13.8. The molecule has 2 unspecified atom stereocenters. The Bertz CT molecular complexity index is 478. The average Bonchev–Trinajstić information content (AvgIpc) is 2.57. The van der Waals surface area contributed by atoms with E-state index in [0.29, 0.717) is 11.4 Å². The van der Waals surface area contributed by atoms with Gasteiger partial charge < -0.3 is 10.6 Å². The van der Waals surface area contributed by atoms with Crippen molar-refractivity contribution in [1.82, 2.24) is 4.90 Å². The first-order valence-corrected chi connectivity index (χ1v) is 7.10. The number of halogens is 2. The van der Waals surface area contributed by atoms with Crippen molar-refractivity contribution in [3.05, 3.63) is 33.3 Å². The van der Waals surface area contributed by atoms with E-state index in [2.05, 4.69) is 15.9 Å². The Morgan fingerprint density at radius 2 is 2.17 bits per heavy atom. The summed E-state index contributed by atoms with van der Waals surface area (Å²) >= 11 is 9.40. The summed E-state index contributed by atoms with van der Waals surface area (Å²) in [5, 5.41) is 0.660. The van der Waals surface area contributed by atoms with Crippen LogP contribution in [0.2, 0.25) is 5.02 Å². The second kappa shape index (κ2) is 5.19. The lowest BCUT2D eigenvalue weighted by Crippen LogP contribution is -2.37. The molecule has 1 aromatic rings. The van der Waals surface area contributed by atoms with Crippen LogP contribution in [0.3, 0.4) is 0 Å². The highest BCUT2D eigenvalue weighted by Gasteiger charge is 2.39. The molecule has 0 radical (unpaired) electrons. The smallest absolute Gasteiger partial charge is 0.225 e. The largest absolute Gasteiger partial charge is 0.332 e. The van der Waals surface area contributed by atoms with Crippen molar-refractivity contribution in [2.75, 3.05) is 0 Å². The van der Waals surface area contributed by atoms with Crippen molar-refractivity contribution in [3.63, 3.8) is 0 Å². The van der Waals surface area contributed by atoms with Gasteiger partial charge in [0.2, 0.25) is 5.91 Å². The van der Waals surface area contributed by atoms with Crippen molar-refractivity contribution >= 4 is 33.4 Å². The van der Waals surface area contributed by atoms with E-state index in [1.807, 2.05) is 36.9 Å². The van der Waals surface area contributed by atoms with Gasteiger partial charge in [-0.25, -0.2) is 0 Å². The van der Waals surface area contributed by atoms with E-state index in [1.54, 1.807) is 0 Å². The van der Waals surface area contributed by atoms with Gasteiger partial charge in [-0.1, -0.05) is 17.7 Å². The predicted molar refractivity (Wildman–Crippen MR) is 76.5 cm³/mol. The predicted octanol–water partition coefficient (Wildman–Crippen LogP) is 3.11. The van der Waals surface area contributed by atoms with Crippen LogP contribution in [0.4, 0.5) is 0 Å². The van der Waals surface area contributed by atoms with E-state index in [1.165, 1.54) is 0 Å². The number of hydrogen-bond donors (Lipinski definition) is 1. The molecule has 2 N–H and O–H groups in total. The van der Waals surface area contributed by atoms with Gasteiger partial charge in [-0.3, -0.25) is 4.79 Å². The van der Waals surface area contributed by atoms with E-state index in [-0.39, 0.29) is 24.0 Å². The summed E-state index contributed by atoms with van der Waals surface area (Å²) in [7, 11) is 0. The molecule has 2 rings (SSSR count). The standard InChI is InChI=1S/C13H16BrClN2O/c1-7(2)17-12(18)6-11(16)13(17)8-3-4-10(15)9(14)5-8/h3-5,7,11,13H,6,16H2,1-2H3. The number of nitrogens with zero attached hydrogens (tertiary/aromatic N) is 1. The first-order valence-electron chi connectivity index (χ1n) is 5.93. The fourth-order valence-corrected chi connectivity index (χ4v) is 3.01. The summed E-state index contributed by atoms with van der Waals surface area (Å²) in [6.07, 6.45) is 0.406. The van der Waals surface area contributed by atoms with Gasteiger partial charge in [-0.15, -0.1) is 0 Å². The fourth-order valence-electron chi connectivity index (χ4n) is 2.49. The van der Waals surface area contributed by atoms with Crippen LogP contribution >= 0.6 is 27.5 Å². The van der Waals surface area contributed by atoms with Gasteiger partial charge in [0, 0.05) is 23.0 Å². The topological polar surface area (TPSA) is 46.3 Å². The molecule has 18 heavy (non-hydrogen) atoms. The number of rotatable bonds is 2. The maximum Gasteiger partial charge on any atom is 0.225 e. The Balaban J connectivity index is 2.40. The maximum atomic E-state index is 12.0. The molecule has 0 aromatic heterocycles. The molecule has 0 aliphatic carbocycles. The molecule has 1 amide bonds. The molecule has 98 valence electrons. The van der Waals surface area contributed by atoms with Gasteiger partial charge in [0.25, 0.3) is 0 Å². The molecular weight excluding hydrogens is 316 g/mol. The third-order valence-corrected chi connectivity index (χ3v) is 4.46. The lowest BCUT2D eigenvalue weighted by molar-refractivity contribution is -0.130. The second-order valence-corrected chi connectivity index (χ2v) is 6.14. The molecule has 1 aliphatic rings. The number of carbonyl (C=O) groups excluding carboxylic acids is 1. The van der Waals surface area contributed by atoms with Crippen LogP contribution in [0.15, 0.2) is 22.7 Å². The van der Waals surface area contributed by atoms with Crippen LogP contribution < -0.4 is 5.73 Å². The Morgan fingerprint density at radius 1 is 1.50 bits per heavy atom. The van der Waals surface area contributed by atoms with Crippen LogP contribution in [-0.4, -0.2) is 22.9 Å². The summed E-state index contributed by atoms with van der Waals surface area (Å²) < 4.78 is 0.830. The zero-order chi connectivity index (χ0) is 13.4. The van der Waals surface area contributed by atoms with Gasteiger partial charge in [0.15, 0.2) is 0 Å². The monoisotopic (exact) mass is 330 g/mol. The maximum absolute atomic E-state index is 12.0. The van der Waals surface area contributed by atoms with Crippen LogP contribution in [0.1, 0.15) is 31.9 Å². The van der Waals surface area contributed by atoms with Crippen molar-refractivity contribution < 1.29 is 4.79 Å². The van der Waals surface area contributed by atoms with Crippen LogP contribution in [0.25, 0.3) is 0 Å². The molecule has 1 aromatic carbocycles. The number of benzene rings is 1. The molecule has 5 heteroatoms. The molecule has 1 saturated heterocycles. The molecular formula is C13H16BrClN2O. The molecule has 0 bridgehead atoms. The Hall–Kier alpha value is -0.580. The molecule has 1 fully saturated rings. The summed E-state index contributed by atoms with van der Waals surface area (Å²) in [6, 6.07) is 5.63. The van der Waals surface area contributed by atoms with E-state index in [0.717, 1.165) is 10.0 Å². The van der Waals surface area contributed by atoms with Gasteiger partial charge in [-0.05, 0) is 47.5 Å². The van der Waals surface area contributed by atoms with Crippen molar-refractivity contribution in [3.8, 4) is 0 Å². The molecule has 3 nitrogen and oxygen atoms in total. The highest BCUT2D eigenvalue weighted by Crippen LogP contribution is 2.36. The first kappa shape index (κ1) is 13.8. The number of carbonyl (C=O) groups is 1. The number of likely N-dealkylation sites (tertiary alicyclic amines) is 1. The zero-order valence-electron chi connectivity index (χ0n) is 10.4. The van der Waals surface area contributed by atoms with E-state index in [4.69, 9.17) is 17.3 Å². The van der Waals surface area contributed by atoms with Gasteiger partial charge in [-0.2, -0.15) is 0 Å². The quantitative estimate of drug-likeness (QED) is 0.905. The van der Waals surface area contributed by atoms with Crippen molar-refractivity contribution in [2.45, 2.75) is 38.4 Å². The normalized spacial score (nSPS) is 24.1. The molecule has 0 saturated carbocycles. The van der Waals surface area contributed by atoms with Gasteiger partial charge in [0.1, 0.15) is 0 Å².